The number of pyridine rings is 1. The highest BCUT2D eigenvalue weighted by molar-refractivity contribution is 6.34. The predicted octanol–water partition coefficient (Wildman–Crippen LogP) is 3.43. The van der Waals surface area contributed by atoms with Crippen LogP contribution >= 0.6 is 23.2 Å². The fraction of sp³-hybridized carbons (Fsp3) is 0.0714. The minimum atomic E-state index is -0.518. The number of carbonyl (C=O) groups excluding carboxylic acids is 2. The van der Waals surface area contributed by atoms with Crippen molar-refractivity contribution in [1.29, 1.82) is 0 Å². The van der Waals surface area contributed by atoms with Gasteiger partial charge in [-0.3, -0.25) is 4.79 Å². The molecular weight excluding hydrogens is 315 g/mol. The average molecular weight is 325 g/mol. The molecule has 0 radical (unpaired) electrons. The van der Waals surface area contributed by atoms with Gasteiger partial charge in [0, 0.05) is 6.20 Å². The van der Waals surface area contributed by atoms with Gasteiger partial charge in [-0.2, -0.15) is 0 Å². The Hall–Kier alpha value is -2.11. The normalized spacial score (nSPS) is 10.0. The van der Waals surface area contributed by atoms with Crippen LogP contribution in [0.3, 0.4) is 0 Å². The molecule has 0 atom stereocenters. The van der Waals surface area contributed by atoms with Crippen LogP contribution in [0, 0.1) is 0 Å². The quantitative estimate of drug-likeness (QED) is 0.693. The topological polar surface area (TPSA) is 68.3 Å². The molecule has 0 unspecified atom stereocenters. The van der Waals surface area contributed by atoms with Crippen LogP contribution in [-0.2, 0) is 4.74 Å². The smallest absolute Gasteiger partial charge is 0.337 e. The Morgan fingerprint density at radius 2 is 1.86 bits per heavy atom. The number of esters is 1. The fourth-order valence-corrected chi connectivity index (χ4v) is 1.85. The number of ether oxygens (including phenoxy) is 1. The van der Waals surface area contributed by atoms with E-state index in [-0.39, 0.29) is 10.7 Å². The first-order valence-electron chi connectivity index (χ1n) is 5.82. The molecule has 2 aromatic rings. The zero-order valence-electron chi connectivity index (χ0n) is 10.9. The lowest BCUT2D eigenvalue weighted by atomic mass is 10.2. The molecular formula is C14H10Cl2N2O3. The molecule has 0 spiro atoms. The van der Waals surface area contributed by atoms with E-state index in [1.165, 1.54) is 43.6 Å². The Labute approximate surface area is 130 Å². The number of halogens is 2. The molecule has 0 fully saturated rings. The van der Waals surface area contributed by atoms with Crippen LogP contribution in [0.5, 0.6) is 0 Å². The molecule has 1 amide bonds. The molecule has 0 aliphatic heterocycles. The molecule has 108 valence electrons. The molecule has 1 heterocycles. The lowest BCUT2D eigenvalue weighted by Crippen LogP contribution is -2.13. The minimum absolute atomic E-state index is 0.284. The van der Waals surface area contributed by atoms with E-state index in [2.05, 4.69) is 15.0 Å². The molecule has 7 heteroatoms. The molecule has 1 N–H and O–H groups in total. The van der Waals surface area contributed by atoms with Gasteiger partial charge in [0.25, 0.3) is 5.91 Å². The van der Waals surface area contributed by atoms with E-state index in [1.807, 2.05) is 0 Å². The standard InChI is InChI=1S/C14H10Cl2N2O3/c1-21-14(20)8-2-4-10(15)11(6-8)18-13(19)9-3-5-12(16)17-7-9/h2-7H,1H3,(H,18,19). The van der Waals surface area contributed by atoms with E-state index in [4.69, 9.17) is 23.2 Å². The van der Waals surface area contributed by atoms with Gasteiger partial charge in [0.1, 0.15) is 5.15 Å². The second kappa shape index (κ2) is 6.56. The number of methoxy groups -OCH3 is 1. The molecule has 5 nitrogen and oxygen atoms in total. The molecule has 0 bridgehead atoms. The van der Waals surface area contributed by atoms with Crippen LogP contribution in [-0.4, -0.2) is 24.0 Å². The van der Waals surface area contributed by atoms with Gasteiger partial charge in [0.2, 0.25) is 0 Å². The zero-order valence-corrected chi connectivity index (χ0v) is 12.4. The molecule has 1 aromatic carbocycles. The lowest BCUT2D eigenvalue weighted by Gasteiger charge is -2.09. The summed E-state index contributed by atoms with van der Waals surface area (Å²) in [6.07, 6.45) is 1.34. The Morgan fingerprint density at radius 1 is 1.14 bits per heavy atom. The number of benzene rings is 1. The molecule has 0 saturated heterocycles. The Bertz CT molecular complexity index is 687. The average Bonchev–Trinajstić information content (AvgIpc) is 2.49. The largest absolute Gasteiger partial charge is 0.465 e. The fourth-order valence-electron chi connectivity index (χ4n) is 1.57. The van der Waals surface area contributed by atoms with Crippen molar-refractivity contribution < 1.29 is 14.3 Å². The number of aromatic nitrogens is 1. The van der Waals surface area contributed by atoms with Crippen molar-refractivity contribution in [3.63, 3.8) is 0 Å². The number of nitrogens with zero attached hydrogens (tertiary/aromatic N) is 1. The highest BCUT2D eigenvalue weighted by Gasteiger charge is 2.12. The Balaban J connectivity index is 2.24. The van der Waals surface area contributed by atoms with Crippen molar-refractivity contribution in [2.75, 3.05) is 12.4 Å². The SMILES string of the molecule is COC(=O)c1ccc(Cl)c(NC(=O)c2ccc(Cl)nc2)c1. The molecule has 0 aliphatic rings. The number of hydrogen-bond donors (Lipinski definition) is 1. The summed E-state index contributed by atoms with van der Waals surface area (Å²) in [7, 11) is 1.27. The van der Waals surface area contributed by atoms with Crippen LogP contribution < -0.4 is 5.32 Å². The number of anilines is 1. The summed E-state index contributed by atoms with van der Waals surface area (Å²) >= 11 is 11.7. The maximum Gasteiger partial charge on any atom is 0.337 e. The van der Waals surface area contributed by atoms with E-state index < -0.39 is 11.9 Å². The van der Waals surface area contributed by atoms with Gasteiger partial charge in [-0.15, -0.1) is 0 Å². The third kappa shape index (κ3) is 3.71. The van der Waals surface area contributed by atoms with Crippen molar-refractivity contribution in [3.05, 3.63) is 57.8 Å². The van der Waals surface area contributed by atoms with Gasteiger partial charge in [-0.05, 0) is 30.3 Å². The second-order valence-electron chi connectivity index (χ2n) is 4.01. The van der Waals surface area contributed by atoms with Crippen LogP contribution in [0.1, 0.15) is 20.7 Å². The van der Waals surface area contributed by atoms with Gasteiger partial charge in [0.15, 0.2) is 0 Å². The number of amides is 1. The third-order valence-corrected chi connectivity index (χ3v) is 3.18. The van der Waals surface area contributed by atoms with Crippen molar-refractivity contribution in [2.45, 2.75) is 0 Å². The molecule has 0 saturated carbocycles. The van der Waals surface area contributed by atoms with Crippen LogP contribution in [0.25, 0.3) is 0 Å². The minimum Gasteiger partial charge on any atom is -0.465 e. The van der Waals surface area contributed by atoms with Crippen molar-refractivity contribution in [1.82, 2.24) is 4.98 Å². The van der Waals surface area contributed by atoms with Crippen LogP contribution in [0.2, 0.25) is 10.2 Å². The van der Waals surface area contributed by atoms with Crippen LogP contribution in [0.4, 0.5) is 5.69 Å². The highest BCUT2D eigenvalue weighted by Crippen LogP contribution is 2.24. The van der Waals surface area contributed by atoms with Gasteiger partial charge >= 0.3 is 5.97 Å². The first-order valence-corrected chi connectivity index (χ1v) is 6.57. The Kier molecular flexibility index (Phi) is 4.77. The van der Waals surface area contributed by atoms with E-state index in [9.17, 15) is 9.59 Å². The third-order valence-electron chi connectivity index (χ3n) is 2.63. The highest BCUT2D eigenvalue weighted by atomic mass is 35.5. The summed E-state index contributed by atoms with van der Waals surface area (Å²) in [5.74, 6) is -0.932. The van der Waals surface area contributed by atoms with Gasteiger partial charge in [0.05, 0.1) is 28.9 Å². The van der Waals surface area contributed by atoms with Gasteiger partial charge < -0.3 is 10.1 Å². The molecule has 1 aromatic heterocycles. The van der Waals surface area contributed by atoms with E-state index in [1.54, 1.807) is 0 Å². The summed E-state index contributed by atoms with van der Waals surface area (Å²) in [6, 6.07) is 7.48. The van der Waals surface area contributed by atoms with E-state index in [0.29, 0.717) is 16.3 Å². The van der Waals surface area contributed by atoms with E-state index in [0.717, 1.165) is 0 Å². The monoisotopic (exact) mass is 324 g/mol. The summed E-state index contributed by atoms with van der Waals surface area (Å²) in [5, 5.41) is 3.20. The maximum atomic E-state index is 12.1. The van der Waals surface area contributed by atoms with Crippen LogP contribution in [0.15, 0.2) is 36.5 Å². The number of hydrogen-bond acceptors (Lipinski definition) is 4. The van der Waals surface area contributed by atoms with Crippen molar-refractivity contribution in [3.8, 4) is 0 Å². The molecule has 0 aliphatic carbocycles. The van der Waals surface area contributed by atoms with Crippen molar-refractivity contribution >= 4 is 40.8 Å². The molecule has 2 rings (SSSR count). The first-order chi connectivity index (χ1) is 10.0. The number of carbonyl (C=O) groups is 2. The van der Waals surface area contributed by atoms with Crippen molar-refractivity contribution in [2.24, 2.45) is 0 Å². The number of rotatable bonds is 3. The number of nitrogens with one attached hydrogen (secondary N) is 1. The molecule has 21 heavy (non-hydrogen) atoms. The maximum absolute atomic E-state index is 12.1. The summed E-state index contributed by atoms with van der Waals surface area (Å²) < 4.78 is 4.61. The first kappa shape index (κ1) is 15.3. The van der Waals surface area contributed by atoms with E-state index >= 15 is 0 Å². The summed E-state index contributed by atoms with van der Waals surface area (Å²) in [5.41, 5.74) is 0.907. The summed E-state index contributed by atoms with van der Waals surface area (Å²) in [4.78, 5) is 27.3. The Morgan fingerprint density at radius 3 is 2.48 bits per heavy atom. The second-order valence-corrected chi connectivity index (χ2v) is 4.80. The lowest BCUT2D eigenvalue weighted by molar-refractivity contribution is 0.0600. The predicted molar refractivity (Wildman–Crippen MR) is 80.0 cm³/mol. The summed E-state index contributed by atoms with van der Waals surface area (Å²) in [6.45, 7) is 0. The van der Waals surface area contributed by atoms with Gasteiger partial charge in [-0.1, -0.05) is 23.2 Å². The van der Waals surface area contributed by atoms with Gasteiger partial charge in [-0.25, -0.2) is 9.78 Å². The zero-order chi connectivity index (χ0) is 15.4.